The van der Waals surface area contributed by atoms with Gasteiger partial charge in [-0.25, -0.2) is 9.82 Å². The number of nitrogens with one attached hydrogen (secondary N) is 2. The molecule has 0 saturated carbocycles. The van der Waals surface area contributed by atoms with Gasteiger partial charge in [0, 0.05) is 11.3 Å². The number of ether oxygens (including phenoxy) is 1. The highest BCUT2D eigenvalue weighted by molar-refractivity contribution is 6.03. The van der Waals surface area contributed by atoms with Crippen LogP contribution in [0, 0.1) is 5.82 Å². The number of nitrogens with zero attached hydrogens (tertiary/aromatic N) is 1. The third-order valence-corrected chi connectivity index (χ3v) is 3.61. The molecule has 0 unspecified atom stereocenters. The molecule has 0 heterocycles. The summed E-state index contributed by atoms with van der Waals surface area (Å²) in [6, 6.07) is 8.42. The molecule has 2 rings (SSSR count). The number of hydrogen-bond donors (Lipinski definition) is 3. The molecular weight excluding hydrogens is 365 g/mol. The van der Waals surface area contributed by atoms with E-state index in [0.717, 1.165) is 0 Å². The van der Waals surface area contributed by atoms with E-state index in [-0.39, 0.29) is 11.5 Å². The number of phenols is 1. The molecule has 0 radical (unpaired) electrons. The van der Waals surface area contributed by atoms with Crippen LogP contribution in [0.2, 0.25) is 0 Å². The number of phenolic OH excluding ortho intramolecular Hbond substituents is 1. The molecule has 146 valence electrons. The topological polar surface area (TPSA) is 100 Å². The largest absolute Gasteiger partial charge is 0.504 e. The smallest absolute Gasteiger partial charge is 0.249 e. The maximum absolute atomic E-state index is 12.8. The SMILES string of the molecule is C=CCc1cc(/C=N/NC(=O)CC(=O)Nc2ccc(F)cc2)cc(OC)c1O. The first-order valence-electron chi connectivity index (χ1n) is 8.31. The van der Waals surface area contributed by atoms with E-state index in [2.05, 4.69) is 22.4 Å². The summed E-state index contributed by atoms with van der Waals surface area (Å²) in [6.45, 7) is 3.63. The number of rotatable bonds is 8. The van der Waals surface area contributed by atoms with Gasteiger partial charge in [0.25, 0.3) is 0 Å². The summed E-state index contributed by atoms with van der Waals surface area (Å²) in [6.07, 6.45) is 2.98. The van der Waals surface area contributed by atoms with E-state index in [1.807, 2.05) is 0 Å². The fourth-order valence-corrected chi connectivity index (χ4v) is 2.33. The lowest BCUT2D eigenvalue weighted by molar-refractivity contribution is -0.126. The molecule has 0 atom stereocenters. The predicted octanol–water partition coefficient (Wildman–Crippen LogP) is 2.75. The van der Waals surface area contributed by atoms with Gasteiger partial charge in [-0.1, -0.05) is 6.08 Å². The normalized spacial score (nSPS) is 10.5. The zero-order valence-corrected chi connectivity index (χ0v) is 15.2. The van der Waals surface area contributed by atoms with E-state index in [4.69, 9.17) is 4.74 Å². The average Bonchev–Trinajstić information content (AvgIpc) is 2.66. The maximum Gasteiger partial charge on any atom is 0.249 e. The molecule has 2 amide bonds. The third-order valence-electron chi connectivity index (χ3n) is 3.61. The highest BCUT2D eigenvalue weighted by Gasteiger charge is 2.10. The number of benzene rings is 2. The van der Waals surface area contributed by atoms with Crippen LogP contribution in [-0.2, 0) is 16.0 Å². The molecule has 7 nitrogen and oxygen atoms in total. The van der Waals surface area contributed by atoms with Crippen LogP contribution in [0.5, 0.6) is 11.5 Å². The second-order valence-electron chi connectivity index (χ2n) is 5.75. The van der Waals surface area contributed by atoms with Crippen LogP contribution in [0.25, 0.3) is 0 Å². The molecular formula is C20H20FN3O4. The molecule has 0 bridgehead atoms. The Morgan fingerprint density at radius 3 is 2.61 bits per heavy atom. The van der Waals surface area contributed by atoms with Gasteiger partial charge in [-0.2, -0.15) is 5.10 Å². The van der Waals surface area contributed by atoms with Crippen molar-refractivity contribution < 1.29 is 23.8 Å². The second kappa shape index (κ2) is 9.86. The van der Waals surface area contributed by atoms with Crippen molar-refractivity contribution in [2.75, 3.05) is 12.4 Å². The molecule has 0 spiro atoms. The van der Waals surface area contributed by atoms with Gasteiger partial charge in [-0.05, 0) is 48.4 Å². The van der Waals surface area contributed by atoms with Crippen LogP contribution in [0.15, 0.2) is 54.2 Å². The van der Waals surface area contributed by atoms with E-state index in [9.17, 15) is 19.1 Å². The number of anilines is 1. The van der Waals surface area contributed by atoms with Crippen LogP contribution in [0.3, 0.4) is 0 Å². The standard InChI is InChI=1S/C20H20FN3O4/c1-3-4-14-9-13(10-17(28-2)20(14)27)12-22-24-19(26)11-18(25)23-16-7-5-15(21)6-8-16/h3,5-10,12,27H,1,4,11H2,2H3,(H,23,25)(H,24,26)/b22-12+. The predicted molar refractivity (Wildman–Crippen MR) is 104 cm³/mol. The molecule has 0 saturated heterocycles. The first-order chi connectivity index (χ1) is 13.4. The zero-order chi connectivity index (χ0) is 20.5. The number of aromatic hydroxyl groups is 1. The number of carbonyl (C=O) groups excluding carboxylic acids is 2. The third kappa shape index (κ3) is 5.94. The Bertz CT molecular complexity index is 895. The molecule has 8 heteroatoms. The van der Waals surface area contributed by atoms with Crippen LogP contribution in [-0.4, -0.2) is 30.2 Å². The lowest BCUT2D eigenvalue weighted by Crippen LogP contribution is -2.24. The molecule has 0 aliphatic heterocycles. The Balaban J connectivity index is 1.93. The van der Waals surface area contributed by atoms with Crippen molar-refractivity contribution in [3.05, 3.63) is 66.0 Å². The number of amides is 2. The highest BCUT2D eigenvalue weighted by Crippen LogP contribution is 2.31. The fraction of sp³-hybridized carbons (Fsp3) is 0.150. The summed E-state index contributed by atoms with van der Waals surface area (Å²) in [4.78, 5) is 23.6. The van der Waals surface area contributed by atoms with Crippen molar-refractivity contribution >= 4 is 23.7 Å². The summed E-state index contributed by atoms with van der Waals surface area (Å²) >= 11 is 0. The average molecular weight is 385 g/mol. The molecule has 2 aromatic rings. The number of hydrazone groups is 1. The molecule has 0 fully saturated rings. The molecule has 2 aromatic carbocycles. The van der Waals surface area contributed by atoms with Gasteiger partial charge >= 0.3 is 0 Å². The Morgan fingerprint density at radius 2 is 1.96 bits per heavy atom. The number of methoxy groups -OCH3 is 1. The first-order valence-corrected chi connectivity index (χ1v) is 8.31. The summed E-state index contributed by atoms with van der Waals surface area (Å²) in [5.74, 6) is -1.31. The number of carbonyl (C=O) groups is 2. The summed E-state index contributed by atoms with van der Waals surface area (Å²) < 4.78 is 17.9. The lowest BCUT2D eigenvalue weighted by Gasteiger charge is -2.09. The summed E-state index contributed by atoms with van der Waals surface area (Å²) in [5.41, 5.74) is 3.81. The number of halogens is 1. The minimum atomic E-state index is -0.618. The Kier molecular flexibility index (Phi) is 7.27. The van der Waals surface area contributed by atoms with Crippen molar-refractivity contribution in [3.63, 3.8) is 0 Å². The second-order valence-corrected chi connectivity index (χ2v) is 5.75. The monoisotopic (exact) mass is 385 g/mol. The van der Waals surface area contributed by atoms with E-state index < -0.39 is 24.1 Å². The van der Waals surface area contributed by atoms with Crippen LogP contribution >= 0.6 is 0 Å². The number of allylic oxidation sites excluding steroid dienone is 1. The van der Waals surface area contributed by atoms with Crippen molar-refractivity contribution in [3.8, 4) is 11.5 Å². The Labute approximate surface area is 161 Å². The van der Waals surface area contributed by atoms with E-state index >= 15 is 0 Å². The summed E-state index contributed by atoms with van der Waals surface area (Å²) in [7, 11) is 1.43. The minimum Gasteiger partial charge on any atom is -0.504 e. The van der Waals surface area contributed by atoms with E-state index in [1.165, 1.54) is 37.6 Å². The highest BCUT2D eigenvalue weighted by atomic mass is 19.1. The van der Waals surface area contributed by atoms with Crippen molar-refractivity contribution in [1.29, 1.82) is 0 Å². The Hall–Kier alpha value is -3.68. The van der Waals surface area contributed by atoms with Gasteiger partial charge in [0.1, 0.15) is 12.2 Å². The quantitative estimate of drug-likeness (QED) is 0.282. The fourth-order valence-electron chi connectivity index (χ4n) is 2.33. The van der Waals surface area contributed by atoms with Gasteiger partial charge in [-0.15, -0.1) is 6.58 Å². The minimum absolute atomic E-state index is 0.0149. The maximum atomic E-state index is 12.8. The van der Waals surface area contributed by atoms with Crippen molar-refractivity contribution in [2.24, 2.45) is 5.10 Å². The molecule has 0 aromatic heterocycles. The molecule has 3 N–H and O–H groups in total. The van der Waals surface area contributed by atoms with E-state index in [0.29, 0.717) is 23.2 Å². The first kappa shape index (κ1) is 20.6. The van der Waals surface area contributed by atoms with Gasteiger partial charge in [0.2, 0.25) is 11.8 Å². The van der Waals surface area contributed by atoms with Crippen LogP contribution < -0.4 is 15.5 Å². The van der Waals surface area contributed by atoms with Gasteiger partial charge in [0.15, 0.2) is 11.5 Å². The zero-order valence-electron chi connectivity index (χ0n) is 15.2. The Morgan fingerprint density at radius 1 is 1.25 bits per heavy atom. The van der Waals surface area contributed by atoms with Crippen LogP contribution in [0.4, 0.5) is 10.1 Å². The van der Waals surface area contributed by atoms with Crippen molar-refractivity contribution in [1.82, 2.24) is 5.43 Å². The van der Waals surface area contributed by atoms with Gasteiger partial charge < -0.3 is 15.2 Å². The van der Waals surface area contributed by atoms with Gasteiger partial charge in [-0.3, -0.25) is 9.59 Å². The molecule has 0 aliphatic carbocycles. The number of hydrogen-bond acceptors (Lipinski definition) is 5. The lowest BCUT2D eigenvalue weighted by atomic mass is 10.1. The molecule has 0 aliphatic rings. The molecule has 28 heavy (non-hydrogen) atoms. The van der Waals surface area contributed by atoms with Gasteiger partial charge in [0.05, 0.1) is 13.3 Å². The summed E-state index contributed by atoms with van der Waals surface area (Å²) in [5, 5.41) is 16.3. The van der Waals surface area contributed by atoms with E-state index in [1.54, 1.807) is 18.2 Å². The van der Waals surface area contributed by atoms with Crippen LogP contribution in [0.1, 0.15) is 17.5 Å². The van der Waals surface area contributed by atoms with Crippen molar-refractivity contribution in [2.45, 2.75) is 12.8 Å².